The molecule has 0 radical (unpaired) electrons. The predicted molar refractivity (Wildman–Crippen MR) is 83.2 cm³/mol. The average Bonchev–Trinajstić information content (AvgIpc) is 2.35. The number of rotatable bonds is 1. The third kappa shape index (κ3) is 2.73. The Balaban J connectivity index is 0.000001000. The highest BCUT2D eigenvalue weighted by atomic mass is 35.5. The third-order valence-corrected chi connectivity index (χ3v) is 3.45. The molecular formula is C14H16Cl2N2O2. The molecule has 0 fully saturated rings. The first-order valence-electron chi connectivity index (χ1n) is 5.99. The summed E-state index contributed by atoms with van der Waals surface area (Å²) >= 11 is 0. The van der Waals surface area contributed by atoms with Gasteiger partial charge in [0.05, 0.1) is 11.1 Å². The van der Waals surface area contributed by atoms with Crippen LogP contribution in [0.5, 0.6) is 0 Å². The molecular weight excluding hydrogens is 299 g/mol. The molecule has 0 saturated heterocycles. The summed E-state index contributed by atoms with van der Waals surface area (Å²) in [4.78, 5) is 18.3. The van der Waals surface area contributed by atoms with Crippen molar-refractivity contribution in [2.24, 2.45) is 0 Å². The molecule has 2 aromatic rings. The Hall–Kier alpha value is -1.36. The van der Waals surface area contributed by atoms with Crippen molar-refractivity contribution in [3.8, 4) is 0 Å². The Kier molecular flexibility index (Phi) is 5.34. The number of hydrogen-bond donors (Lipinski definition) is 1. The Bertz CT molecular complexity index is 646. The van der Waals surface area contributed by atoms with Crippen LogP contribution in [-0.4, -0.2) is 34.6 Å². The molecule has 1 aliphatic rings. The predicted octanol–water partition coefficient (Wildman–Crippen LogP) is 2.76. The van der Waals surface area contributed by atoms with E-state index in [0.29, 0.717) is 12.1 Å². The quantitative estimate of drug-likeness (QED) is 0.879. The number of carboxylic acids is 1. The van der Waals surface area contributed by atoms with Gasteiger partial charge in [0.15, 0.2) is 0 Å². The summed E-state index contributed by atoms with van der Waals surface area (Å²) in [5, 5.41) is 10.2. The van der Waals surface area contributed by atoms with Gasteiger partial charge >= 0.3 is 5.97 Å². The molecule has 1 aliphatic heterocycles. The maximum atomic E-state index is 11.5. The van der Waals surface area contributed by atoms with E-state index < -0.39 is 5.97 Å². The standard InChI is InChI=1S/C14H14N2O2.2ClH/c1-16-7-6-12-10(8-16)13(14(17)18)9-4-2-3-5-11(9)15-12;;/h2-5H,6-8H2,1H3,(H,17,18);2*1H. The van der Waals surface area contributed by atoms with Gasteiger partial charge in [0.25, 0.3) is 0 Å². The van der Waals surface area contributed by atoms with Crippen molar-refractivity contribution in [3.63, 3.8) is 0 Å². The van der Waals surface area contributed by atoms with Crippen LogP contribution in [0.15, 0.2) is 24.3 Å². The lowest BCUT2D eigenvalue weighted by Gasteiger charge is -2.26. The van der Waals surface area contributed by atoms with Crippen molar-refractivity contribution in [3.05, 3.63) is 41.1 Å². The number of carbonyl (C=O) groups is 1. The zero-order valence-corrected chi connectivity index (χ0v) is 12.6. The summed E-state index contributed by atoms with van der Waals surface area (Å²) in [6, 6.07) is 7.46. The SMILES string of the molecule is CN1CCc2nc3ccccc3c(C(=O)O)c2C1.Cl.Cl. The Morgan fingerprint density at radius 2 is 2.00 bits per heavy atom. The summed E-state index contributed by atoms with van der Waals surface area (Å²) < 4.78 is 0. The molecule has 2 heterocycles. The number of aromatic nitrogens is 1. The largest absolute Gasteiger partial charge is 0.478 e. The molecule has 0 saturated carbocycles. The smallest absolute Gasteiger partial charge is 0.336 e. The molecule has 108 valence electrons. The first-order chi connectivity index (χ1) is 8.66. The second-order valence-corrected chi connectivity index (χ2v) is 4.72. The second kappa shape index (κ2) is 6.39. The number of aromatic carboxylic acids is 1. The van der Waals surface area contributed by atoms with Crippen LogP contribution in [0.25, 0.3) is 10.9 Å². The van der Waals surface area contributed by atoms with Crippen molar-refractivity contribution in [1.82, 2.24) is 9.88 Å². The lowest BCUT2D eigenvalue weighted by Crippen LogP contribution is -2.29. The van der Waals surface area contributed by atoms with Gasteiger partial charge in [-0.2, -0.15) is 0 Å². The molecule has 1 aromatic carbocycles. The number of para-hydroxylation sites is 1. The summed E-state index contributed by atoms with van der Waals surface area (Å²) in [6.07, 6.45) is 0.816. The van der Waals surface area contributed by atoms with Gasteiger partial charge in [-0.25, -0.2) is 4.79 Å². The number of likely N-dealkylation sites (N-methyl/N-ethyl adjacent to an activating group) is 1. The first-order valence-corrected chi connectivity index (χ1v) is 5.99. The van der Waals surface area contributed by atoms with Crippen LogP contribution < -0.4 is 0 Å². The van der Waals surface area contributed by atoms with Crippen molar-refractivity contribution in [2.75, 3.05) is 13.6 Å². The minimum absolute atomic E-state index is 0. The van der Waals surface area contributed by atoms with E-state index in [1.54, 1.807) is 0 Å². The van der Waals surface area contributed by atoms with Gasteiger partial charge in [0.1, 0.15) is 0 Å². The normalized spacial score (nSPS) is 14.1. The van der Waals surface area contributed by atoms with Crippen LogP contribution in [0.3, 0.4) is 0 Å². The van der Waals surface area contributed by atoms with E-state index in [2.05, 4.69) is 9.88 Å². The molecule has 0 aliphatic carbocycles. The summed E-state index contributed by atoms with van der Waals surface area (Å²) in [6.45, 7) is 1.59. The fourth-order valence-electron chi connectivity index (χ4n) is 2.57. The number of halogens is 2. The third-order valence-electron chi connectivity index (χ3n) is 3.45. The molecule has 3 rings (SSSR count). The number of fused-ring (bicyclic) bond motifs is 2. The summed E-state index contributed by atoms with van der Waals surface area (Å²) in [5.74, 6) is -0.861. The van der Waals surface area contributed by atoms with Crippen LogP contribution in [-0.2, 0) is 13.0 Å². The van der Waals surface area contributed by atoms with Gasteiger partial charge in [-0.3, -0.25) is 4.98 Å². The van der Waals surface area contributed by atoms with Gasteiger partial charge in [-0.05, 0) is 13.1 Å². The van der Waals surface area contributed by atoms with E-state index >= 15 is 0 Å². The molecule has 4 nitrogen and oxygen atoms in total. The summed E-state index contributed by atoms with van der Waals surface area (Å²) in [7, 11) is 2.00. The molecule has 0 spiro atoms. The van der Waals surface area contributed by atoms with E-state index in [0.717, 1.165) is 35.1 Å². The first kappa shape index (κ1) is 16.7. The number of benzene rings is 1. The number of hydrogen-bond acceptors (Lipinski definition) is 3. The highest BCUT2D eigenvalue weighted by Gasteiger charge is 2.23. The fourth-order valence-corrected chi connectivity index (χ4v) is 2.57. The molecule has 0 atom stereocenters. The maximum Gasteiger partial charge on any atom is 0.336 e. The Labute approximate surface area is 129 Å². The van der Waals surface area contributed by atoms with E-state index in [9.17, 15) is 9.90 Å². The van der Waals surface area contributed by atoms with E-state index in [1.807, 2.05) is 31.3 Å². The minimum atomic E-state index is -0.861. The zero-order chi connectivity index (χ0) is 12.7. The number of carboxylic acid groups (broad SMARTS) is 1. The topological polar surface area (TPSA) is 53.4 Å². The molecule has 6 heteroatoms. The molecule has 1 aromatic heterocycles. The maximum absolute atomic E-state index is 11.5. The summed E-state index contributed by atoms with van der Waals surface area (Å²) in [5.41, 5.74) is 3.00. The molecule has 1 N–H and O–H groups in total. The van der Waals surface area contributed by atoms with Crippen molar-refractivity contribution in [1.29, 1.82) is 0 Å². The molecule has 0 unspecified atom stereocenters. The molecule has 20 heavy (non-hydrogen) atoms. The second-order valence-electron chi connectivity index (χ2n) is 4.72. The van der Waals surface area contributed by atoms with Crippen LogP contribution in [0.1, 0.15) is 21.6 Å². The highest BCUT2D eigenvalue weighted by Crippen LogP contribution is 2.27. The number of pyridine rings is 1. The van der Waals surface area contributed by atoms with Crippen LogP contribution in [0.4, 0.5) is 0 Å². The monoisotopic (exact) mass is 314 g/mol. The highest BCUT2D eigenvalue weighted by molar-refractivity contribution is 6.04. The van der Waals surface area contributed by atoms with Gasteiger partial charge < -0.3 is 10.0 Å². The van der Waals surface area contributed by atoms with Crippen molar-refractivity contribution >= 4 is 41.7 Å². The van der Waals surface area contributed by atoms with E-state index in [1.165, 1.54) is 0 Å². The minimum Gasteiger partial charge on any atom is -0.478 e. The lowest BCUT2D eigenvalue weighted by atomic mass is 9.96. The van der Waals surface area contributed by atoms with Gasteiger partial charge in [-0.1, -0.05) is 18.2 Å². The van der Waals surface area contributed by atoms with Gasteiger partial charge in [-0.15, -0.1) is 24.8 Å². The average molecular weight is 315 g/mol. The molecule has 0 bridgehead atoms. The molecule has 0 amide bonds. The number of nitrogens with zero attached hydrogens (tertiary/aromatic N) is 2. The fraction of sp³-hybridized carbons (Fsp3) is 0.286. The Morgan fingerprint density at radius 3 is 2.70 bits per heavy atom. The van der Waals surface area contributed by atoms with Gasteiger partial charge in [0, 0.05) is 36.2 Å². The van der Waals surface area contributed by atoms with Crippen LogP contribution >= 0.6 is 24.8 Å². The van der Waals surface area contributed by atoms with E-state index in [4.69, 9.17) is 0 Å². The van der Waals surface area contributed by atoms with Crippen molar-refractivity contribution < 1.29 is 9.90 Å². The Morgan fingerprint density at radius 1 is 1.30 bits per heavy atom. The van der Waals surface area contributed by atoms with E-state index in [-0.39, 0.29) is 24.8 Å². The lowest BCUT2D eigenvalue weighted by molar-refractivity contribution is 0.0696. The van der Waals surface area contributed by atoms with Gasteiger partial charge in [0.2, 0.25) is 0 Å². The van der Waals surface area contributed by atoms with Crippen LogP contribution in [0, 0.1) is 0 Å². The van der Waals surface area contributed by atoms with Crippen LogP contribution in [0.2, 0.25) is 0 Å². The zero-order valence-electron chi connectivity index (χ0n) is 11.0. The van der Waals surface area contributed by atoms with Crippen molar-refractivity contribution in [2.45, 2.75) is 13.0 Å².